The van der Waals surface area contributed by atoms with Crippen molar-refractivity contribution >= 4 is 11.4 Å². The topological polar surface area (TPSA) is 66.6 Å². The quantitative estimate of drug-likeness (QED) is 0.636. The molecule has 0 amide bonds. The van der Waals surface area contributed by atoms with Gasteiger partial charge in [0.2, 0.25) is 0 Å². The number of anilines is 1. The van der Waals surface area contributed by atoms with Gasteiger partial charge in [0, 0.05) is 19.2 Å². The fourth-order valence-electron chi connectivity index (χ4n) is 2.55. The molecular formula is C12H14N2O3. The highest BCUT2D eigenvalue weighted by molar-refractivity contribution is 5.65. The third kappa shape index (κ3) is 1.67. The normalized spacial score (nSPS) is 22.1. The van der Waals surface area contributed by atoms with Gasteiger partial charge in [-0.25, -0.2) is 0 Å². The van der Waals surface area contributed by atoms with E-state index in [9.17, 15) is 15.2 Å². The molecule has 0 bridgehead atoms. The van der Waals surface area contributed by atoms with Gasteiger partial charge in [0.15, 0.2) is 0 Å². The molecule has 1 saturated carbocycles. The van der Waals surface area contributed by atoms with Crippen LogP contribution in [0, 0.1) is 16.0 Å². The monoisotopic (exact) mass is 234 g/mol. The molecule has 0 unspecified atom stereocenters. The van der Waals surface area contributed by atoms with E-state index in [0.29, 0.717) is 24.7 Å². The van der Waals surface area contributed by atoms with Gasteiger partial charge in [-0.1, -0.05) is 12.1 Å². The van der Waals surface area contributed by atoms with Crippen molar-refractivity contribution < 1.29 is 10.0 Å². The maximum absolute atomic E-state index is 10.9. The first-order chi connectivity index (χ1) is 8.10. The van der Waals surface area contributed by atoms with Crippen molar-refractivity contribution in [3.8, 4) is 0 Å². The van der Waals surface area contributed by atoms with E-state index in [1.54, 1.807) is 18.2 Å². The van der Waals surface area contributed by atoms with Crippen LogP contribution in [0.3, 0.4) is 0 Å². The zero-order valence-electron chi connectivity index (χ0n) is 9.37. The molecule has 2 aliphatic rings. The van der Waals surface area contributed by atoms with E-state index in [1.165, 1.54) is 6.07 Å². The van der Waals surface area contributed by atoms with E-state index >= 15 is 0 Å². The van der Waals surface area contributed by atoms with Crippen LogP contribution in [0.4, 0.5) is 11.4 Å². The summed E-state index contributed by atoms with van der Waals surface area (Å²) < 4.78 is 0. The minimum absolute atomic E-state index is 0.116. The summed E-state index contributed by atoms with van der Waals surface area (Å²) in [7, 11) is 0. The molecule has 1 aliphatic heterocycles. The Morgan fingerprint density at radius 3 is 2.59 bits per heavy atom. The molecule has 0 spiro atoms. The first-order valence-electron chi connectivity index (χ1n) is 5.81. The van der Waals surface area contributed by atoms with E-state index in [1.807, 2.05) is 4.90 Å². The summed E-state index contributed by atoms with van der Waals surface area (Å²) in [4.78, 5) is 12.4. The van der Waals surface area contributed by atoms with Gasteiger partial charge in [0.25, 0.3) is 5.69 Å². The maximum atomic E-state index is 10.9. The minimum atomic E-state index is -0.607. The number of hydrogen-bond donors (Lipinski definition) is 1. The first kappa shape index (κ1) is 10.5. The predicted molar refractivity (Wildman–Crippen MR) is 63.0 cm³/mol. The standard InChI is InChI=1S/C12H14N2O3/c15-12(9-5-6-9)7-13(8-12)10-3-1-2-4-11(10)14(16)17/h1-4,9,15H,5-8H2. The molecule has 0 radical (unpaired) electrons. The van der Waals surface area contributed by atoms with E-state index < -0.39 is 5.60 Å². The van der Waals surface area contributed by atoms with Crippen molar-refractivity contribution in [2.24, 2.45) is 5.92 Å². The molecule has 90 valence electrons. The number of nitro groups is 1. The number of benzene rings is 1. The average molecular weight is 234 g/mol. The van der Waals surface area contributed by atoms with Crippen LogP contribution in [0.25, 0.3) is 0 Å². The highest BCUT2D eigenvalue weighted by atomic mass is 16.6. The van der Waals surface area contributed by atoms with Crippen LogP contribution in [0.15, 0.2) is 24.3 Å². The summed E-state index contributed by atoms with van der Waals surface area (Å²) in [5, 5.41) is 21.1. The van der Waals surface area contributed by atoms with Gasteiger partial charge in [-0.15, -0.1) is 0 Å². The zero-order valence-corrected chi connectivity index (χ0v) is 9.37. The summed E-state index contributed by atoms with van der Waals surface area (Å²) in [5.41, 5.74) is 0.122. The van der Waals surface area contributed by atoms with Gasteiger partial charge in [-0.05, 0) is 24.8 Å². The van der Waals surface area contributed by atoms with E-state index in [2.05, 4.69) is 0 Å². The first-order valence-corrected chi connectivity index (χ1v) is 5.81. The molecule has 1 aromatic rings. The number of hydrogen-bond acceptors (Lipinski definition) is 4. The van der Waals surface area contributed by atoms with Crippen LogP contribution in [-0.2, 0) is 0 Å². The summed E-state index contributed by atoms with van der Waals surface area (Å²) in [6, 6.07) is 6.69. The Morgan fingerprint density at radius 1 is 1.35 bits per heavy atom. The van der Waals surface area contributed by atoms with Gasteiger partial charge < -0.3 is 10.0 Å². The van der Waals surface area contributed by atoms with Crippen molar-refractivity contribution in [3.63, 3.8) is 0 Å². The molecule has 1 saturated heterocycles. The lowest BCUT2D eigenvalue weighted by Crippen LogP contribution is -2.63. The van der Waals surface area contributed by atoms with Crippen molar-refractivity contribution in [1.29, 1.82) is 0 Å². The number of para-hydroxylation sites is 2. The van der Waals surface area contributed by atoms with Crippen molar-refractivity contribution in [1.82, 2.24) is 0 Å². The number of β-amino-alcohol motifs (C(OH)–C–C–N with tert-alkyl or cyclic N) is 1. The maximum Gasteiger partial charge on any atom is 0.292 e. The summed E-state index contributed by atoms with van der Waals surface area (Å²) in [6.45, 7) is 1.03. The largest absolute Gasteiger partial charge is 0.386 e. The van der Waals surface area contributed by atoms with Crippen LogP contribution in [0.5, 0.6) is 0 Å². The van der Waals surface area contributed by atoms with Gasteiger partial charge in [-0.2, -0.15) is 0 Å². The third-order valence-electron chi connectivity index (χ3n) is 3.69. The van der Waals surface area contributed by atoms with Gasteiger partial charge >= 0.3 is 0 Å². The molecule has 5 nitrogen and oxygen atoms in total. The zero-order chi connectivity index (χ0) is 12.0. The van der Waals surface area contributed by atoms with Crippen LogP contribution in [-0.4, -0.2) is 28.7 Å². The Kier molecular flexibility index (Phi) is 2.13. The highest BCUT2D eigenvalue weighted by Crippen LogP contribution is 2.46. The molecule has 5 heteroatoms. The smallest absolute Gasteiger partial charge is 0.292 e. The van der Waals surface area contributed by atoms with E-state index in [4.69, 9.17) is 0 Å². The second-order valence-corrected chi connectivity index (χ2v) is 4.98. The molecule has 1 aliphatic carbocycles. The van der Waals surface area contributed by atoms with Crippen molar-refractivity contribution in [3.05, 3.63) is 34.4 Å². The second-order valence-electron chi connectivity index (χ2n) is 4.98. The summed E-state index contributed by atoms with van der Waals surface area (Å²) in [6.07, 6.45) is 2.17. The second kappa shape index (κ2) is 3.43. The molecule has 3 rings (SSSR count). The number of rotatable bonds is 3. The van der Waals surface area contributed by atoms with E-state index in [0.717, 1.165) is 12.8 Å². The molecule has 0 atom stereocenters. The number of nitrogens with zero attached hydrogens (tertiary/aromatic N) is 2. The lowest BCUT2D eigenvalue weighted by Gasteiger charge is -2.48. The molecule has 2 fully saturated rings. The Balaban J connectivity index is 1.80. The van der Waals surface area contributed by atoms with Gasteiger partial charge in [0.1, 0.15) is 11.3 Å². The molecular weight excluding hydrogens is 220 g/mol. The fraction of sp³-hybridized carbons (Fsp3) is 0.500. The Hall–Kier alpha value is -1.62. The molecule has 1 aromatic carbocycles. The summed E-state index contributed by atoms with van der Waals surface area (Å²) in [5.74, 6) is 0.404. The van der Waals surface area contributed by atoms with Gasteiger partial charge in [0.05, 0.1) is 4.92 Å². The number of aliphatic hydroxyl groups is 1. The minimum Gasteiger partial charge on any atom is -0.386 e. The molecule has 1 heterocycles. The number of nitro benzene ring substituents is 1. The molecule has 0 aromatic heterocycles. The molecule has 1 N–H and O–H groups in total. The van der Waals surface area contributed by atoms with Crippen LogP contribution in [0.1, 0.15) is 12.8 Å². The van der Waals surface area contributed by atoms with Crippen LogP contribution >= 0.6 is 0 Å². The Bertz CT molecular complexity index is 465. The van der Waals surface area contributed by atoms with E-state index in [-0.39, 0.29) is 10.6 Å². The SMILES string of the molecule is O=[N+]([O-])c1ccccc1N1CC(O)(C2CC2)C1. The van der Waals surface area contributed by atoms with Crippen molar-refractivity contribution in [2.75, 3.05) is 18.0 Å². The Morgan fingerprint density at radius 2 is 2.00 bits per heavy atom. The van der Waals surface area contributed by atoms with Gasteiger partial charge in [-0.3, -0.25) is 10.1 Å². The Labute approximate surface area is 98.8 Å². The lowest BCUT2D eigenvalue weighted by molar-refractivity contribution is -0.384. The molecule has 17 heavy (non-hydrogen) atoms. The fourth-order valence-corrected chi connectivity index (χ4v) is 2.55. The highest BCUT2D eigenvalue weighted by Gasteiger charge is 2.52. The van der Waals surface area contributed by atoms with Crippen LogP contribution < -0.4 is 4.90 Å². The van der Waals surface area contributed by atoms with Crippen LogP contribution in [0.2, 0.25) is 0 Å². The third-order valence-corrected chi connectivity index (χ3v) is 3.69. The summed E-state index contributed by atoms with van der Waals surface area (Å²) >= 11 is 0. The average Bonchev–Trinajstić information content (AvgIpc) is 3.08. The van der Waals surface area contributed by atoms with Crippen molar-refractivity contribution in [2.45, 2.75) is 18.4 Å². The predicted octanol–water partition coefficient (Wildman–Crippen LogP) is 1.56. The lowest BCUT2D eigenvalue weighted by atomic mass is 9.88.